The zero-order valence-corrected chi connectivity index (χ0v) is 19.0. The highest BCUT2D eigenvalue weighted by Gasteiger charge is 2.20. The smallest absolute Gasteiger partial charge is 0.175 e. The average molecular weight is 444 g/mol. The number of nitrogens with one attached hydrogen (secondary N) is 2. The highest BCUT2D eigenvalue weighted by molar-refractivity contribution is 7.99. The number of nitrogens with two attached hydrogens (primary N) is 1. The maximum absolute atomic E-state index is 6.09. The molecule has 0 atom stereocenters. The second kappa shape index (κ2) is 9.61. The number of fused-ring (bicyclic) bond motifs is 2. The van der Waals surface area contributed by atoms with Crippen molar-refractivity contribution in [3.63, 3.8) is 0 Å². The summed E-state index contributed by atoms with van der Waals surface area (Å²) >= 11 is 1.56. The van der Waals surface area contributed by atoms with Crippen molar-refractivity contribution in [1.29, 1.82) is 0 Å². The predicted octanol–water partition coefficient (Wildman–Crippen LogP) is 3.01. The Morgan fingerprint density at radius 2 is 1.97 bits per heavy atom. The normalized spacial score (nSPS) is 13.2. The van der Waals surface area contributed by atoms with E-state index in [1.54, 1.807) is 11.8 Å². The van der Waals surface area contributed by atoms with Crippen LogP contribution in [0.25, 0.3) is 11.2 Å². The lowest BCUT2D eigenvalue weighted by Crippen LogP contribution is -2.24. The molecule has 2 aromatic heterocycles. The molecule has 0 bridgehead atoms. The summed E-state index contributed by atoms with van der Waals surface area (Å²) in [5.74, 6) is 2.48. The van der Waals surface area contributed by atoms with Crippen LogP contribution in [0, 0.1) is 5.92 Å². The van der Waals surface area contributed by atoms with Gasteiger partial charge in [-0.15, -0.1) is 0 Å². The van der Waals surface area contributed by atoms with E-state index in [2.05, 4.69) is 45.9 Å². The number of aromatic nitrogens is 4. The first-order chi connectivity index (χ1) is 15.1. The fraction of sp³-hybridized carbons (Fsp3) is 0.476. The number of imidazole rings is 1. The molecule has 3 aromatic rings. The molecule has 4 rings (SSSR count). The van der Waals surface area contributed by atoms with E-state index in [9.17, 15) is 0 Å². The van der Waals surface area contributed by atoms with Crippen LogP contribution >= 0.6 is 11.8 Å². The van der Waals surface area contributed by atoms with Gasteiger partial charge >= 0.3 is 0 Å². The molecular formula is C21H29N7O2S. The monoisotopic (exact) mass is 443 g/mol. The van der Waals surface area contributed by atoms with E-state index in [1.807, 2.05) is 12.1 Å². The molecule has 0 saturated carbocycles. The van der Waals surface area contributed by atoms with Crippen LogP contribution in [0.2, 0.25) is 0 Å². The Bertz CT molecular complexity index is 1050. The van der Waals surface area contributed by atoms with Crippen molar-refractivity contribution < 1.29 is 9.47 Å². The fourth-order valence-electron chi connectivity index (χ4n) is 3.38. The van der Waals surface area contributed by atoms with Gasteiger partial charge in [-0.2, -0.15) is 0 Å². The van der Waals surface area contributed by atoms with E-state index < -0.39 is 0 Å². The first kappa shape index (κ1) is 21.5. The minimum absolute atomic E-state index is 0.384. The molecule has 0 saturated heterocycles. The van der Waals surface area contributed by atoms with Gasteiger partial charge in [0, 0.05) is 36.7 Å². The lowest BCUT2D eigenvalue weighted by atomic mass is 10.2. The van der Waals surface area contributed by atoms with Crippen LogP contribution in [0.3, 0.4) is 0 Å². The first-order valence-corrected chi connectivity index (χ1v) is 11.4. The standard InChI is InChI=1S/C21H29N7O2S/c1-4-24-14-9-15-16(30-8-7-29-15)10-17(14)31-21-27-18-19(22)25-12-26-20(18)28(21)6-5-23-11-13(2)3/h9-10,12-13,23-24H,4-8,11H2,1-3H3,(H2,22,25,26). The van der Waals surface area contributed by atoms with Crippen molar-refractivity contribution in [3.05, 3.63) is 18.5 Å². The molecule has 166 valence electrons. The molecule has 3 heterocycles. The number of hydrogen-bond acceptors (Lipinski definition) is 9. The Kier molecular flexibility index (Phi) is 6.67. The van der Waals surface area contributed by atoms with Crippen molar-refractivity contribution in [2.24, 2.45) is 5.92 Å². The summed E-state index contributed by atoms with van der Waals surface area (Å²) in [5, 5.41) is 7.71. The van der Waals surface area contributed by atoms with E-state index in [-0.39, 0.29) is 0 Å². The summed E-state index contributed by atoms with van der Waals surface area (Å²) in [4.78, 5) is 14.4. The SMILES string of the molecule is CCNc1cc2c(cc1Sc1nc3c(N)ncnc3n1CCNCC(C)C)OCCO2. The molecule has 1 aliphatic heterocycles. The fourth-order valence-corrected chi connectivity index (χ4v) is 4.41. The van der Waals surface area contributed by atoms with Crippen LogP contribution in [0.1, 0.15) is 20.8 Å². The third-order valence-corrected chi connectivity index (χ3v) is 5.85. The third-order valence-electron chi connectivity index (χ3n) is 4.80. The molecule has 4 N–H and O–H groups in total. The van der Waals surface area contributed by atoms with Gasteiger partial charge in [0.1, 0.15) is 19.5 Å². The van der Waals surface area contributed by atoms with E-state index in [0.717, 1.165) is 59.1 Å². The number of rotatable bonds is 9. The van der Waals surface area contributed by atoms with Crippen LogP contribution < -0.4 is 25.8 Å². The van der Waals surface area contributed by atoms with Gasteiger partial charge in [-0.05, 0) is 31.1 Å². The predicted molar refractivity (Wildman–Crippen MR) is 123 cm³/mol. The second-order valence-corrected chi connectivity index (χ2v) is 8.71. The molecule has 0 radical (unpaired) electrons. The van der Waals surface area contributed by atoms with Crippen molar-refractivity contribution in [2.75, 3.05) is 43.9 Å². The van der Waals surface area contributed by atoms with E-state index in [4.69, 9.17) is 20.2 Å². The molecule has 0 aliphatic carbocycles. The minimum Gasteiger partial charge on any atom is -0.486 e. The van der Waals surface area contributed by atoms with E-state index in [1.165, 1.54) is 6.33 Å². The maximum atomic E-state index is 6.09. The van der Waals surface area contributed by atoms with E-state index in [0.29, 0.717) is 30.5 Å². The summed E-state index contributed by atoms with van der Waals surface area (Å²) in [6.07, 6.45) is 1.49. The molecule has 0 amide bonds. The lowest BCUT2D eigenvalue weighted by molar-refractivity contribution is 0.171. The molecule has 1 aliphatic rings. The Labute approximate surface area is 186 Å². The highest BCUT2D eigenvalue weighted by Crippen LogP contribution is 2.42. The van der Waals surface area contributed by atoms with Crippen LogP contribution in [0.5, 0.6) is 11.5 Å². The van der Waals surface area contributed by atoms with Crippen LogP contribution in [0.15, 0.2) is 28.5 Å². The topological polar surface area (TPSA) is 112 Å². The molecule has 0 spiro atoms. The Hall–Kier alpha value is -2.72. The molecule has 0 fully saturated rings. The summed E-state index contributed by atoms with van der Waals surface area (Å²) < 4.78 is 13.6. The van der Waals surface area contributed by atoms with Gasteiger partial charge in [0.15, 0.2) is 33.6 Å². The van der Waals surface area contributed by atoms with Crippen LogP contribution in [-0.2, 0) is 6.54 Å². The largest absolute Gasteiger partial charge is 0.486 e. The van der Waals surface area contributed by atoms with E-state index >= 15 is 0 Å². The third kappa shape index (κ3) is 4.80. The first-order valence-electron chi connectivity index (χ1n) is 10.6. The van der Waals surface area contributed by atoms with Crippen molar-refractivity contribution >= 4 is 34.4 Å². The number of ether oxygens (including phenoxy) is 2. The van der Waals surface area contributed by atoms with Gasteiger partial charge in [-0.3, -0.25) is 0 Å². The molecule has 10 heteroatoms. The van der Waals surface area contributed by atoms with Crippen LogP contribution in [-0.4, -0.2) is 52.4 Å². The zero-order chi connectivity index (χ0) is 21.8. The van der Waals surface area contributed by atoms with Gasteiger partial charge < -0.3 is 30.4 Å². The van der Waals surface area contributed by atoms with Crippen LogP contribution in [0.4, 0.5) is 11.5 Å². The van der Waals surface area contributed by atoms with Gasteiger partial charge in [0.2, 0.25) is 0 Å². The summed E-state index contributed by atoms with van der Waals surface area (Å²) in [7, 11) is 0. The lowest BCUT2D eigenvalue weighted by Gasteiger charge is -2.21. The average Bonchev–Trinajstić information content (AvgIpc) is 3.10. The Balaban J connectivity index is 1.69. The molecule has 0 unspecified atom stereocenters. The summed E-state index contributed by atoms with van der Waals surface area (Å²) in [6, 6.07) is 4.00. The molecule has 9 nitrogen and oxygen atoms in total. The van der Waals surface area contributed by atoms with Gasteiger partial charge in [-0.1, -0.05) is 13.8 Å². The molecule has 31 heavy (non-hydrogen) atoms. The zero-order valence-electron chi connectivity index (χ0n) is 18.1. The van der Waals surface area contributed by atoms with Crippen molar-refractivity contribution in [2.45, 2.75) is 37.4 Å². The van der Waals surface area contributed by atoms with Gasteiger partial charge in [0.05, 0.1) is 5.69 Å². The molecule has 1 aromatic carbocycles. The minimum atomic E-state index is 0.384. The maximum Gasteiger partial charge on any atom is 0.175 e. The second-order valence-electron chi connectivity index (χ2n) is 7.70. The van der Waals surface area contributed by atoms with Crippen molar-refractivity contribution in [1.82, 2.24) is 24.8 Å². The summed E-state index contributed by atoms with van der Waals surface area (Å²) in [5.41, 5.74) is 8.43. The Morgan fingerprint density at radius 1 is 1.19 bits per heavy atom. The van der Waals surface area contributed by atoms with Crippen molar-refractivity contribution in [3.8, 4) is 11.5 Å². The number of nitrogen functional groups attached to an aromatic ring is 1. The van der Waals surface area contributed by atoms with Gasteiger partial charge in [-0.25, -0.2) is 15.0 Å². The number of benzene rings is 1. The van der Waals surface area contributed by atoms with Gasteiger partial charge in [0.25, 0.3) is 0 Å². The highest BCUT2D eigenvalue weighted by atomic mass is 32.2. The number of anilines is 2. The number of nitrogens with zero attached hydrogens (tertiary/aromatic N) is 4. The number of hydrogen-bond donors (Lipinski definition) is 3. The Morgan fingerprint density at radius 3 is 2.71 bits per heavy atom. The quantitative estimate of drug-likeness (QED) is 0.430. The summed E-state index contributed by atoms with van der Waals surface area (Å²) in [6.45, 7) is 10.8. The molecular weight excluding hydrogens is 414 g/mol.